The summed E-state index contributed by atoms with van der Waals surface area (Å²) in [5, 5.41) is 3.78. The molecule has 0 unspecified atom stereocenters. The first-order chi connectivity index (χ1) is 7.74. The standard InChI is InChI=1S/C11H9N3O2/c1-6-5-9(16-14-6)11-13-10-7(12)3-2-4-8(10)15-11/h2-5H,12H2,1H3. The molecule has 0 saturated carbocycles. The van der Waals surface area contributed by atoms with Gasteiger partial charge in [0.05, 0.1) is 11.4 Å². The van der Waals surface area contributed by atoms with Crippen LogP contribution in [0.3, 0.4) is 0 Å². The van der Waals surface area contributed by atoms with Crippen LogP contribution in [0.2, 0.25) is 0 Å². The topological polar surface area (TPSA) is 78.1 Å². The fraction of sp³-hybridized carbons (Fsp3) is 0.0909. The van der Waals surface area contributed by atoms with Gasteiger partial charge in [-0.3, -0.25) is 0 Å². The van der Waals surface area contributed by atoms with Gasteiger partial charge in [0.1, 0.15) is 5.52 Å². The van der Waals surface area contributed by atoms with Crippen LogP contribution in [0, 0.1) is 6.92 Å². The predicted octanol–water partition coefficient (Wildman–Crippen LogP) is 2.37. The van der Waals surface area contributed by atoms with E-state index in [-0.39, 0.29) is 0 Å². The Bertz CT molecular complexity index is 654. The number of oxazole rings is 1. The van der Waals surface area contributed by atoms with Gasteiger partial charge in [0.25, 0.3) is 5.89 Å². The molecule has 0 saturated heterocycles. The van der Waals surface area contributed by atoms with Crippen LogP contribution in [0.1, 0.15) is 5.69 Å². The molecule has 1 aromatic carbocycles. The number of anilines is 1. The van der Waals surface area contributed by atoms with Crippen molar-refractivity contribution >= 4 is 16.8 Å². The van der Waals surface area contributed by atoms with E-state index < -0.39 is 0 Å². The number of hydrogen-bond acceptors (Lipinski definition) is 5. The first-order valence-electron chi connectivity index (χ1n) is 4.83. The minimum Gasteiger partial charge on any atom is -0.433 e. The quantitative estimate of drug-likeness (QED) is 0.630. The highest BCUT2D eigenvalue weighted by Crippen LogP contribution is 2.27. The third-order valence-corrected chi connectivity index (χ3v) is 2.29. The molecule has 3 rings (SSSR count). The maximum absolute atomic E-state index is 5.78. The number of nitrogens with two attached hydrogens (primary N) is 1. The molecular formula is C11H9N3O2. The van der Waals surface area contributed by atoms with Crippen LogP contribution in [-0.2, 0) is 0 Å². The van der Waals surface area contributed by atoms with Crippen molar-refractivity contribution in [1.82, 2.24) is 10.1 Å². The molecule has 80 valence electrons. The highest BCUT2D eigenvalue weighted by Gasteiger charge is 2.13. The molecule has 0 spiro atoms. The lowest BCUT2D eigenvalue weighted by atomic mass is 10.3. The zero-order valence-corrected chi connectivity index (χ0v) is 8.60. The number of hydrogen-bond donors (Lipinski definition) is 1. The Labute approximate surface area is 90.9 Å². The number of fused-ring (bicyclic) bond motifs is 1. The summed E-state index contributed by atoms with van der Waals surface area (Å²) < 4.78 is 10.6. The zero-order chi connectivity index (χ0) is 11.1. The van der Waals surface area contributed by atoms with Crippen LogP contribution in [-0.4, -0.2) is 10.1 Å². The fourth-order valence-corrected chi connectivity index (χ4v) is 1.54. The average Bonchev–Trinajstić information content (AvgIpc) is 2.84. The minimum absolute atomic E-state index is 0.397. The van der Waals surface area contributed by atoms with Crippen LogP contribution in [0.15, 0.2) is 33.2 Å². The molecule has 2 N–H and O–H groups in total. The summed E-state index contributed by atoms with van der Waals surface area (Å²) in [6.07, 6.45) is 0. The summed E-state index contributed by atoms with van der Waals surface area (Å²) in [6.45, 7) is 1.84. The molecular weight excluding hydrogens is 206 g/mol. The van der Waals surface area contributed by atoms with Crippen molar-refractivity contribution in [2.45, 2.75) is 6.92 Å². The predicted molar refractivity (Wildman–Crippen MR) is 58.7 cm³/mol. The van der Waals surface area contributed by atoms with Crippen molar-refractivity contribution in [2.24, 2.45) is 0 Å². The van der Waals surface area contributed by atoms with Crippen molar-refractivity contribution < 1.29 is 8.94 Å². The third-order valence-electron chi connectivity index (χ3n) is 2.29. The summed E-state index contributed by atoms with van der Waals surface area (Å²) in [5.41, 5.74) is 8.44. The van der Waals surface area contributed by atoms with Crippen LogP contribution < -0.4 is 5.73 Å². The van der Waals surface area contributed by atoms with Crippen LogP contribution in [0.25, 0.3) is 22.8 Å². The number of rotatable bonds is 1. The second kappa shape index (κ2) is 3.10. The van der Waals surface area contributed by atoms with Gasteiger partial charge in [-0.25, -0.2) is 4.98 Å². The van der Waals surface area contributed by atoms with E-state index in [1.165, 1.54) is 0 Å². The van der Waals surface area contributed by atoms with Crippen LogP contribution in [0.5, 0.6) is 0 Å². The number of nitrogens with zero attached hydrogens (tertiary/aromatic N) is 2. The number of aromatic nitrogens is 2. The van der Waals surface area contributed by atoms with Gasteiger partial charge in [0.15, 0.2) is 5.58 Å². The first-order valence-corrected chi connectivity index (χ1v) is 4.83. The molecule has 0 aliphatic rings. The van der Waals surface area contributed by atoms with E-state index in [0.717, 1.165) is 5.69 Å². The molecule has 0 atom stereocenters. The van der Waals surface area contributed by atoms with Gasteiger partial charge in [0.2, 0.25) is 5.76 Å². The van der Waals surface area contributed by atoms with E-state index in [0.29, 0.717) is 28.4 Å². The van der Waals surface area contributed by atoms with E-state index in [2.05, 4.69) is 10.1 Å². The Kier molecular flexibility index (Phi) is 1.73. The lowest BCUT2D eigenvalue weighted by Crippen LogP contribution is -1.84. The molecule has 2 heterocycles. The molecule has 16 heavy (non-hydrogen) atoms. The van der Waals surface area contributed by atoms with Crippen molar-refractivity contribution in [1.29, 1.82) is 0 Å². The second-order valence-corrected chi connectivity index (χ2v) is 3.55. The lowest BCUT2D eigenvalue weighted by molar-refractivity contribution is 0.414. The van der Waals surface area contributed by atoms with Gasteiger partial charge in [0, 0.05) is 6.07 Å². The molecule has 0 amide bonds. The van der Waals surface area contributed by atoms with E-state index in [1.54, 1.807) is 12.1 Å². The zero-order valence-electron chi connectivity index (χ0n) is 8.60. The van der Waals surface area contributed by atoms with Crippen molar-refractivity contribution in [3.63, 3.8) is 0 Å². The maximum Gasteiger partial charge on any atom is 0.266 e. The monoisotopic (exact) mass is 215 g/mol. The molecule has 3 aromatic rings. The molecule has 0 bridgehead atoms. The first kappa shape index (κ1) is 8.96. The van der Waals surface area contributed by atoms with Gasteiger partial charge < -0.3 is 14.7 Å². The summed E-state index contributed by atoms with van der Waals surface area (Å²) in [5.74, 6) is 0.904. The molecule has 0 radical (unpaired) electrons. The van der Waals surface area contributed by atoms with Crippen molar-refractivity contribution in [2.75, 3.05) is 5.73 Å². The Balaban J connectivity index is 2.22. The Morgan fingerprint density at radius 2 is 2.19 bits per heavy atom. The summed E-state index contributed by atoms with van der Waals surface area (Å²) in [6, 6.07) is 7.17. The average molecular weight is 215 g/mol. The SMILES string of the molecule is Cc1cc(-c2nc3c(N)cccc3o2)on1. The van der Waals surface area contributed by atoms with Crippen LogP contribution >= 0.6 is 0 Å². The Morgan fingerprint density at radius 3 is 2.88 bits per heavy atom. The van der Waals surface area contributed by atoms with E-state index in [4.69, 9.17) is 14.7 Å². The highest BCUT2D eigenvalue weighted by atomic mass is 16.5. The Morgan fingerprint density at radius 1 is 1.31 bits per heavy atom. The van der Waals surface area contributed by atoms with Crippen LogP contribution in [0.4, 0.5) is 5.69 Å². The molecule has 2 aromatic heterocycles. The minimum atomic E-state index is 0.397. The maximum atomic E-state index is 5.78. The largest absolute Gasteiger partial charge is 0.433 e. The molecule has 0 aliphatic carbocycles. The van der Waals surface area contributed by atoms with Gasteiger partial charge in [-0.15, -0.1) is 0 Å². The van der Waals surface area contributed by atoms with E-state index in [9.17, 15) is 0 Å². The van der Waals surface area contributed by atoms with Crippen molar-refractivity contribution in [3.8, 4) is 11.7 Å². The third kappa shape index (κ3) is 1.25. The van der Waals surface area contributed by atoms with Gasteiger partial charge >= 0.3 is 0 Å². The molecule has 0 fully saturated rings. The summed E-state index contributed by atoms with van der Waals surface area (Å²) in [4.78, 5) is 4.27. The number of para-hydroxylation sites is 1. The molecule has 5 heteroatoms. The number of aryl methyl sites for hydroxylation is 1. The van der Waals surface area contributed by atoms with E-state index in [1.807, 2.05) is 19.1 Å². The Hall–Kier alpha value is -2.30. The van der Waals surface area contributed by atoms with Gasteiger partial charge in [-0.05, 0) is 19.1 Å². The van der Waals surface area contributed by atoms with Gasteiger partial charge in [-0.2, -0.15) is 0 Å². The lowest BCUT2D eigenvalue weighted by Gasteiger charge is -1.89. The molecule has 0 aliphatic heterocycles. The molecule has 5 nitrogen and oxygen atoms in total. The fourth-order valence-electron chi connectivity index (χ4n) is 1.54. The summed E-state index contributed by atoms with van der Waals surface area (Å²) >= 11 is 0. The number of benzene rings is 1. The number of nitrogen functional groups attached to an aromatic ring is 1. The van der Waals surface area contributed by atoms with Gasteiger partial charge in [-0.1, -0.05) is 11.2 Å². The smallest absolute Gasteiger partial charge is 0.266 e. The van der Waals surface area contributed by atoms with E-state index >= 15 is 0 Å². The normalized spacial score (nSPS) is 11.1. The summed E-state index contributed by atoms with van der Waals surface area (Å²) in [7, 11) is 0. The second-order valence-electron chi connectivity index (χ2n) is 3.55. The van der Waals surface area contributed by atoms with Crippen molar-refractivity contribution in [3.05, 3.63) is 30.0 Å². The highest BCUT2D eigenvalue weighted by molar-refractivity contribution is 5.86.